The lowest BCUT2D eigenvalue weighted by molar-refractivity contribution is -0.315. The van der Waals surface area contributed by atoms with Crippen LogP contribution in [-0.4, -0.2) is 24.8 Å². The van der Waals surface area contributed by atoms with Crippen molar-refractivity contribution in [2.45, 2.75) is 75.2 Å². The van der Waals surface area contributed by atoms with E-state index in [-0.39, 0.29) is 50.7 Å². The number of alkyl halides is 6. The number of halogens is 6. The van der Waals surface area contributed by atoms with Crippen molar-refractivity contribution < 1.29 is 45.6 Å². The Labute approximate surface area is 210 Å². The summed E-state index contributed by atoms with van der Waals surface area (Å²) in [5.41, 5.74) is -5.24. The molecule has 4 rings (SSSR count). The molecule has 1 spiro atoms. The Morgan fingerprint density at radius 2 is 1.51 bits per heavy atom. The highest BCUT2D eigenvalue weighted by atomic mass is 19.4. The predicted octanol–water partition coefficient (Wildman–Crippen LogP) is 7.17. The largest absolute Gasteiger partial charge is 0.466 e. The molecule has 0 amide bonds. The van der Waals surface area contributed by atoms with Gasteiger partial charge in [-0.1, -0.05) is 30.3 Å². The molecular formula is C27H28F6O4. The van der Waals surface area contributed by atoms with Crippen LogP contribution in [0.4, 0.5) is 26.3 Å². The van der Waals surface area contributed by atoms with Gasteiger partial charge in [-0.15, -0.1) is 0 Å². The van der Waals surface area contributed by atoms with Gasteiger partial charge < -0.3 is 4.74 Å². The van der Waals surface area contributed by atoms with E-state index in [1.54, 1.807) is 30.3 Å². The summed E-state index contributed by atoms with van der Waals surface area (Å²) >= 11 is 0. The monoisotopic (exact) mass is 530 g/mol. The fourth-order valence-corrected chi connectivity index (χ4v) is 5.64. The van der Waals surface area contributed by atoms with E-state index in [0.717, 1.165) is 12.1 Å². The molecule has 4 nitrogen and oxygen atoms in total. The average molecular weight is 531 g/mol. The number of hydrogen-bond acceptors (Lipinski definition) is 4. The van der Waals surface area contributed by atoms with Crippen molar-refractivity contribution in [3.8, 4) is 0 Å². The van der Waals surface area contributed by atoms with Gasteiger partial charge in [0, 0.05) is 18.8 Å². The average Bonchev–Trinajstić information content (AvgIpc) is 3.29. The molecule has 0 N–H and O–H groups in total. The Morgan fingerprint density at radius 3 is 2.00 bits per heavy atom. The lowest BCUT2D eigenvalue weighted by atomic mass is 9.59. The van der Waals surface area contributed by atoms with Gasteiger partial charge in [0.2, 0.25) is 0 Å². The second-order valence-corrected chi connectivity index (χ2v) is 9.79. The van der Waals surface area contributed by atoms with Gasteiger partial charge in [-0.25, -0.2) is 9.78 Å². The lowest BCUT2D eigenvalue weighted by Gasteiger charge is -2.46. The van der Waals surface area contributed by atoms with Crippen LogP contribution in [0.3, 0.4) is 0 Å². The molecule has 1 saturated heterocycles. The summed E-state index contributed by atoms with van der Waals surface area (Å²) in [6.45, 7) is 1.41. The Bertz CT molecular complexity index is 1060. The van der Waals surface area contributed by atoms with E-state index in [9.17, 15) is 31.1 Å². The summed E-state index contributed by atoms with van der Waals surface area (Å²) in [6.07, 6.45) is -8.91. The molecule has 1 aliphatic heterocycles. The van der Waals surface area contributed by atoms with Crippen LogP contribution < -0.4 is 0 Å². The van der Waals surface area contributed by atoms with Gasteiger partial charge in [0.25, 0.3) is 0 Å². The summed E-state index contributed by atoms with van der Waals surface area (Å²) in [4.78, 5) is 21.5. The molecule has 1 saturated carbocycles. The van der Waals surface area contributed by atoms with E-state index in [1.165, 1.54) is 6.92 Å². The Hall–Kier alpha value is -2.59. The lowest BCUT2D eigenvalue weighted by Crippen LogP contribution is -2.43. The maximum atomic E-state index is 14.5. The first-order valence-corrected chi connectivity index (χ1v) is 12.2. The maximum absolute atomic E-state index is 14.5. The number of rotatable bonds is 6. The number of benzene rings is 2. The van der Waals surface area contributed by atoms with Crippen molar-refractivity contribution in [2.24, 2.45) is 0 Å². The molecule has 0 atom stereocenters. The summed E-state index contributed by atoms with van der Waals surface area (Å²) in [6, 6.07) is 9.76. The van der Waals surface area contributed by atoms with Gasteiger partial charge in [0.15, 0.2) is 0 Å². The number of aryl methyl sites for hydroxylation is 1. The second kappa shape index (κ2) is 10.3. The van der Waals surface area contributed by atoms with Gasteiger partial charge in [-0.05, 0) is 67.3 Å². The standard InChI is InChI=1S/C27H28F6O4/c1-18(34)35-14-5-6-19-16-21(26(28,29)30)23(22(17-19)27(31,32)33)25(20-7-3-2-4-8-20)11-9-24(10-12-25)13-15-36-37-24/h2-4,7-8,16-17H,5-6,9-15H2,1H3. The van der Waals surface area contributed by atoms with E-state index in [4.69, 9.17) is 14.5 Å². The third-order valence-corrected chi connectivity index (χ3v) is 7.42. The van der Waals surface area contributed by atoms with Crippen molar-refractivity contribution >= 4 is 5.97 Å². The molecule has 2 fully saturated rings. The number of carbonyl (C=O) groups excluding carboxylic acids is 1. The smallest absolute Gasteiger partial charge is 0.416 e. The molecule has 0 unspecified atom stereocenters. The second-order valence-electron chi connectivity index (χ2n) is 9.79. The van der Waals surface area contributed by atoms with Gasteiger partial charge >= 0.3 is 18.3 Å². The highest BCUT2D eigenvalue weighted by Gasteiger charge is 2.53. The minimum atomic E-state index is -5.02. The van der Waals surface area contributed by atoms with Crippen LogP contribution in [0.25, 0.3) is 0 Å². The summed E-state index contributed by atoms with van der Waals surface area (Å²) in [7, 11) is 0. The van der Waals surface area contributed by atoms with Crippen LogP contribution >= 0.6 is 0 Å². The van der Waals surface area contributed by atoms with Crippen LogP contribution in [0, 0.1) is 0 Å². The molecule has 2 aromatic carbocycles. The van der Waals surface area contributed by atoms with Crippen molar-refractivity contribution in [3.63, 3.8) is 0 Å². The molecule has 1 aliphatic carbocycles. The van der Waals surface area contributed by atoms with Crippen LogP contribution in [0.2, 0.25) is 0 Å². The Morgan fingerprint density at radius 1 is 0.919 bits per heavy atom. The molecule has 0 aromatic heterocycles. The van der Waals surface area contributed by atoms with Gasteiger partial charge in [-0.3, -0.25) is 4.79 Å². The van der Waals surface area contributed by atoms with Crippen molar-refractivity contribution in [1.82, 2.24) is 0 Å². The maximum Gasteiger partial charge on any atom is 0.416 e. The molecule has 2 aromatic rings. The minimum absolute atomic E-state index is 0.0400. The molecule has 37 heavy (non-hydrogen) atoms. The molecule has 0 radical (unpaired) electrons. The fourth-order valence-electron chi connectivity index (χ4n) is 5.64. The zero-order valence-electron chi connectivity index (χ0n) is 20.3. The van der Waals surface area contributed by atoms with Crippen molar-refractivity contribution in [3.05, 3.63) is 70.3 Å². The van der Waals surface area contributed by atoms with Crippen molar-refractivity contribution in [2.75, 3.05) is 13.2 Å². The summed E-state index contributed by atoms with van der Waals surface area (Å²) in [5, 5.41) is 0. The van der Waals surface area contributed by atoms with E-state index in [0.29, 0.717) is 18.6 Å². The highest BCUT2D eigenvalue weighted by Crippen LogP contribution is 2.56. The minimum Gasteiger partial charge on any atom is -0.466 e. The van der Waals surface area contributed by atoms with Crippen LogP contribution in [-0.2, 0) is 43.5 Å². The molecule has 2 aliphatic rings. The molecule has 10 heteroatoms. The molecule has 202 valence electrons. The first-order chi connectivity index (χ1) is 17.4. The number of carbonyl (C=O) groups is 1. The third-order valence-electron chi connectivity index (χ3n) is 7.42. The van der Waals surface area contributed by atoms with Gasteiger partial charge in [0.1, 0.15) is 5.60 Å². The Balaban J connectivity index is 1.88. The van der Waals surface area contributed by atoms with Gasteiger partial charge in [-0.2, -0.15) is 26.3 Å². The molecular weight excluding hydrogens is 502 g/mol. The quantitative estimate of drug-likeness (QED) is 0.172. The first kappa shape index (κ1) is 27.4. The van der Waals surface area contributed by atoms with E-state index in [1.807, 2.05) is 0 Å². The number of esters is 1. The number of ether oxygens (including phenoxy) is 1. The van der Waals surface area contributed by atoms with Gasteiger partial charge in [0.05, 0.1) is 24.3 Å². The van der Waals surface area contributed by atoms with E-state index >= 15 is 0 Å². The van der Waals surface area contributed by atoms with Crippen LogP contribution in [0.1, 0.15) is 73.3 Å². The normalized spacial score (nSPS) is 24.4. The van der Waals surface area contributed by atoms with Crippen molar-refractivity contribution in [1.29, 1.82) is 0 Å². The highest BCUT2D eigenvalue weighted by molar-refractivity contribution is 5.65. The van der Waals surface area contributed by atoms with E-state index in [2.05, 4.69) is 0 Å². The SMILES string of the molecule is CC(=O)OCCCc1cc(C(F)(F)F)c(C2(c3ccccc3)CCC3(CCOO3)CC2)c(C(F)(F)F)c1. The number of hydrogen-bond donors (Lipinski definition) is 0. The zero-order valence-corrected chi connectivity index (χ0v) is 20.3. The predicted molar refractivity (Wildman–Crippen MR) is 121 cm³/mol. The van der Waals surface area contributed by atoms with Crippen LogP contribution in [0.15, 0.2) is 42.5 Å². The zero-order chi connectivity index (χ0) is 26.9. The summed E-state index contributed by atoms with van der Waals surface area (Å²) in [5.74, 6) is -0.571. The fraction of sp³-hybridized carbons (Fsp3) is 0.519. The first-order valence-electron chi connectivity index (χ1n) is 12.2. The molecule has 0 bridgehead atoms. The summed E-state index contributed by atoms with van der Waals surface area (Å²) < 4.78 is 92.1. The van der Waals surface area contributed by atoms with Crippen LogP contribution in [0.5, 0.6) is 0 Å². The van der Waals surface area contributed by atoms with E-state index < -0.39 is 46.0 Å². The molecule has 1 heterocycles. The Kier molecular flexibility index (Phi) is 7.63. The topological polar surface area (TPSA) is 44.8 Å². The third kappa shape index (κ3) is 5.80.